The van der Waals surface area contributed by atoms with Crippen molar-refractivity contribution in [2.45, 2.75) is 19.5 Å². The van der Waals surface area contributed by atoms with Crippen molar-refractivity contribution in [1.82, 2.24) is 0 Å². The van der Waals surface area contributed by atoms with Crippen molar-refractivity contribution in [3.8, 4) is 0 Å². The van der Waals surface area contributed by atoms with Gasteiger partial charge < -0.3 is 5.21 Å². The van der Waals surface area contributed by atoms with Crippen LogP contribution in [0.25, 0.3) is 0 Å². The number of rotatable bonds is 1. The average molecular weight is 188 g/mol. The molecule has 1 aromatic rings. The van der Waals surface area contributed by atoms with Crippen LogP contribution in [-0.2, 0) is 0 Å². The first-order valence-electron chi connectivity index (χ1n) is 4.56. The van der Waals surface area contributed by atoms with Crippen molar-refractivity contribution < 1.29 is 4.74 Å². The maximum Gasteiger partial charge on any atom is 0.260 e. The molecule has 0 aromatic heterocycles. The van der Waals surface area contributed by atoms with E-state index in [9.17, 15) is 5.21 Å². The Morgan fingerprint density at radius 2 is 1.86 bits per heavy atom. The first-order chi connectivity index (χ1) is 6.59. The predicted octanol–water partition coefficient (Wildman–Crippen LogP) is 1.81. The molecule has 0 aliphatic carbocycles. The fourth-order valence-corrected chi connectivity index (χ4v) is 1.39. The molecule has 0 spiro atoms. The van der Waals surface area contributed by atoms with Gasteiger partial charge in [0.15, 0.2) is 0 Å². The number of hydrogen-bond acceptors (Lipinski definition) is 2. The third-order valence-corrected chi connectivity index (χ3v) is 2.24. The fourth-order valence-electron chi connectivity index (χ4n) is 1.39. The number of benzene rings is 1. The van der Waals surface area contributed by atoms with Crippen molar-refractivity contribution in [3.05, 3.63) is 41.1 Å². The van der Waals surface area contributed by atoms with Crippen LogP contribution >= 0.6 is 0 Å². The Hall–Kier alpha value is -1.64. The van der Waals surface area contributed by atoms with Gasteiger partial charge in [-0.25, -0.2) is 4.99 Å². The van der Waals surface area contributed by atoms with Crippen LogP contribution in [0.2, 0.25) is 0 Å². The van der Waals surface area contributed by atoms with E-state index >= 15 is 0 Å². The summed E-state index contributed by atoms with van der Waals surface area (Å²) in [5.74, 6) is 0. The number of hydroxylamine groups is 1. The molecule has 72 valence electrons. The molecule has 0 saturated heterocycles. The Morgan fingerprint density at radius 3 is 2.36 bits per heavy atom. The van der Waals surface area contributed by atoms with E-state index in [2.05, 4.69) is 4.99 Å². The van der Waals surface area contributed by atoms with Crippen LogP contribution in [0.5, 0.6) is 0 Å². The first kappa shape index (κ1) is 8.94. The molecule has 0 bridgehead atoms. The zero-order valence-corrected chi connectivity index (χ0v) is 8.27. The molecule has 3 heteroatoms. The second-order valence-electron chi connectivity index (χ2n) is 3.81. The van der Waals surface area contributed by atoms with Gasteiger partial charge >= 0.3 is 0 Å². The van der Waals surface area contributed by atoms with Crippen LogP contribution in [0.15, 0.2) is 35.3 Å². The molecule has 3 nitrogen and oxygen atoms in total. The Kier molecular flexibility index (Phi) is 1.88. The summed E-state index contributed by atoms with van der Waals surface area (Å²) in [5, 5.41) is 11.4. The lowest BCUT2D eigenvalue weighted by Crippen LogP contribution is -2.26. The highest BCUT2D eigenvalue weighted by Crippen LogP contribution is 2.17. The van der Waals surface area contributed by atoms with Crippen LogP contribution < -0.4 is 0 Å². The van der Waals surface area contributed by atoms with E-state index < -0.39 is 5.66 Å². The van der Waals surface area contributed by atoms with E-state index in [4.69, 9.17) is 0 Å². The second kappa shape index (κ2) is 2.94. The van der Waals surface area contributed by atoms with Crippen molar-refractivity contribution in [3.63, 3.8) is 0 Å². The van der Waals surface area contributed by atoms with E-state index in [-0.39, 0.29) is 0 Å². The Morgan fingerprint density at radius 1 is 1.21 bits per heavy atom. The van der Waals surface area contributed by atoms with Gasteiger partial charge in [-0.3, -0.25) is 0 Å². The van der Waals surface area contributed by atoms with Gasteiger partial charge in [-0.05, 0) is 0 Å². The van der Waals surface area contributed by atoms with Crippen LogP contribution in [0, 0.1) is 5.21 Å². The van der Waals surface area contributed by atoms with Crippen molar-refractivity contribution in [2.75, 3.05) is 0 Å². The van der Waals surface area contributed by atoms with Crippen molar-refractivity contribution in [1.29, 1.82) is 0 Å². The Bertz CT molecular complexity index is 405. The maximum atomic E-state index is 11.4. The molecule has 2 rings (SSSR count). The molecule has 1 aliphatic heterocycles. The van der Waals surface area contributed by atoms with Crippen LogP contribution in [0.3, 0.4) is 0 Å². The lowest BCUT2D eigenvalue weighted by molar-refractivity contribution is -0.528. The topological polar surface area (TPSA) is 38.4 Å². The SMILES string of the molecule is CC1(C)N=C(c2ccccc2)C=[N+]1[O-]. The number of aliphatic imine (C=N–C) groups is 1. The summed E-state index contributed by atoms with van der Waals surface area (Å²) in [6, 6.07) is 9.71. The molecule has 0 fully saturated rings. The number of hydrogen-bond donors (Lipinski definition) is 0. The maximum absolute atomic E-state index is 11.4. The van der Waals surface area contributed by atoms with Crippen LogP contribution in [0.4, 0.5) is 0 Å². The molecular weight excluding hydrogens is 176 g/mol. The first-order valence-corrected chi connectivity index (χ1v) is 4.56. The van der Waals surface area contributed by atoms with Crippen molar-refractivity contribution in [2.24, 2.45) is 4.99 Å². The van der Waals surface area contributed by atoms with Crippen LogP contribution in [0.1, 0.15) is 19.4 Å². The number of nitrogens with zero attached hydrogens (tertiary/aromatic N) is 2. The highest BCUT2D eigenvalue weighted by Gasteiger charge is 2.31. The molecule has 0 unspecified atom stereocenters. The fraction of sp³-hybridized carbons (Fsp3) is 0.273. The van der Waals surface area contributed by atoms with Gasteiger partial charge in [-0.1, -0.05) is 30.3 Å². The summed E-state index contributed by atoms with van der Waals surface area (Å²) in [6.07, 6.45) is 1.54. The minimum absolute atomic E-state index is 0.662. The highest BCUT2D eigenvalue weighted by atomic mass is 16.5. The summed E-state index contributed by atoms with van der Waals surface area (Å²) in [4.78, 5) is 4.35. The molecule has 1 heterocycles. The average Bonchev–Trinajstić information content (AvgIpc) is 2.43. The third kappa shape index (κ3) is 1.41. The predicted molar refractivity (Wildman–Crippen MR) is 56.7 cm³/mol. The van der Waals surface area contributed by atoms with Crippen molar-refractivity contribution >= 4 is 11.9 Å². The molecule has 0 atom stereocenters. The summed E-state index contributed by atoms with van der Waals surface area (Å²) in [6.45, 7) is 3.60. The monoisotopic (exact) mass is 188 g/mol. The van der Waals surface area contributed by atoms with Gasteiger partial charge in [0.05, 0.1) is 0 Å². The Balaban J connectivity index is 2.41. The van der Waals surface area contributed by atoms with Crippen LogP contribution in [-0.4, -0.2) is 22.3 Å². The van der Waals surface area contributed by atoms with E-state index in [0.29, 0.717) is 0 Å². The molecule has 0 amide bonds. The summed E-state index contributed by atoms with van der Waals surface area (Å²) >= 11 is 0. The third-order valence-electron chi connectivity index (χ3n) is 2.24. The smallest absolute Gasteiger partial charge is 0.260 e. The van der Waals surface area contributed by atoms with Gasteiger partial charge in [-0.2, -0.15) is 4.74 Å². The van der Waals surface area contributed by atoms with Gasteiger partial charge in [0.1, 0.15) is 5.71 Å². The zero-order valence-electron chi connectivity index (χ0n) is 8.27. The van der Waals surface area contributed by atoms with Gasteiger partial charge in [-0.15, -0.1) is 0 Å². The minimum atomic E-state index is -0.662. The van der Waals surface area contributed by atoms with E-state index in [1.54, 1.807) is 13.8 Å². The van der Waals surface area contributed by atoms with E-state index in [0.717, 1.165) is 16.0 Å². The molecule has 1 aliphatic rings. The largest absolute Gasteiger partial charge is 0.622 e. The second-order valence-corrected chi connectivity index (χ2v) is 3.81. The zero-order chi connectivity index (χ0) is 10.2. The Labute approximate surface area is 83.0 Å². The molecule has 1 aromatic carbocycles. The lowest BCUT2D eigenvalue weighted by atomic mass is 10.1. The summed E-state index contributed by atoms with van der Waals surface area (Å²) in [7, 11) is 0. The molecule has 0 saturated carbocycles. The van der Waals surface area contributed by atoms with Gasteiger partial charge in [0.2, 0.25) is 6.21 Å². The lowest BCUT2D eigenvalue weighted by Gasteiger charge is -2.13. The van der Waals surface area contributed by atoms with Gasteiger partial charge in [0, 0.05) is 19.4 Å². The van der Waals surface area contributed by atoms with Gasteiger partial charge in [0.25, 0.3) is 5.66 Å². The standard InChI is InChI=1S/C11H12N2O/c1-11(2)12-10(8-13(11)14)9-6-4-3-5-7-9/h3-8H,1-2H3. The molecule has 0 radical (unpaired) electrons. The molecule has 0 N–H and O–H groups in total. The summed E-state index contributed by atoms with van der Waals surface area (Å²) < 4.78 is 0.884. The quantitative estimate of drug-likeness (QED) is 0.489. The van der Waals surface area contributed by atoms with E-state index in [1.165, 1.54) is 6.21 Å². The molecule has 14 heavy (non-hydrogen) atoms. The van der Waals surface area contributed by atoms with E-state index in [1.807, 2.05) is 30.3 Å². The minimum Gasteiger partial charge on any atom is -0.622 e. The highest BCUT2D eigenvalue weighted by molar-refractivity contribution is 6.37. The molecular formula is C11H12N2O. The normalized spacial score (nSPS) is 19.0. The summed E-state index contributed by atoms with van der Waals surface area (Å²) in [5.41, 5.74) is 1.08.